The molecule has 0 unspecified atom stereocenters. The van der Waals surface area contributed by atoms with Gasteiger partial charge in [0.15, 0.2) is 0 Å². The van der Waals surface area contributed by atoms with E-state index in [0.717, 1.165) is 28.4 Å². The largest absolute Gasteiger partial charge is 0.478 e. The molecule has 1 aromatic heterocycles. The van der Waals surface area contributed by atoms with Gasteiger partial charge in [-0.15, -0.1) is 11.3 Å². The van der Waals surface area contributed by atoms with E-state index >= 15 is 0 Å². The van der Waals surface area contributed by atoms with Crippen LogP contribution in [0.3, 0.4) is 0 Å². The average Bonchev–Trinajstić information content (AvgIpc) is 3.26. The molecule has 3 aromatic rings. The molecule has 0 saturated heterocycles. The molecule has 0 spiro atoms. The summed E-state index contributed by atoms with van der Waals surface area (Å²) in [5, 5.41) is 21.4. The molecule has 10 nitrogen and oxygen atoms in total. The van der Waals surface area contributed by atoms with E-state index < -0.39 is 40.7 Å². The number of anilines is 1. The summed E-state index contributed by atoms with van der Waals surface area (Å²) < 4.78 is 39.4. The molecule has 0 fully saturated rings. The molecule has 2 aromatic carbocycles. The summed E-state index contributed by atoms with van der Waals surface area (Å²) in [6.45, 7) is 1.78. The number of hydrogen-bond donors (Lipinski definition) is 1. The average molecular weight is 564 g/mol. The van der Waals surface area contributed by atoms with Crippen molar-refractivity contribution >= 4 is 34.1 Å². The third-order valence-corrected chi connectivity index (χ3v) is 7.06. The molecular weight excluding hydrogens is 536 g/mol. The van der Waals surface area contributed by atoms with Crippen LogP contribution in [0.2, 0.25) is 0 Å². The smallest absolute Gasteiger partial charge is 0.415 e. The van der Waals surface area contributed by atoms with Crippen LogP contribution < -0.4 is 4.90 Å². The van der Waals surface area contributed by atoms with Crippen LogP contribution in [0, 0.1) is 21.7 Å². The van der Waals surface area contributed by atoms with Gasteiger partial charge in [-0.3, -0.25) is 19.9 Å². The molecule has 0 aliphatic heterocycles. The number of ether oxygens (including phenoxy) is 2. The lowest BCUT2D eigenvalue weighted by atomic mass is 10.0. The Morgan fingerprint density at radius 2 is 1.72 bits per heavy atom. The van der Waals surface area contributed by atoms with Crippen molar-refractivity contribution in [2.24, 2.45) is 0 Å². The second-order valence-electron chi connectivity index (χ2n) is 8.41. The van der Waals surface area contributed by atoms with Gasteiger partial charge < -0.3 is 14.6 Å². The zero-order chi connectivity index (χ0) is 28.7. The van der Waals surface area contributed by atoms with Gasteiger partial charge in [0.25, 0.3) is 5.69 Å². The summed E-state index contributed by atoms with van der Waals surface area (Å²) in [6.07, 6.45) is -0.988. The Morgan fingerprint density at radius 1 is 1.08 bits per heavy atom. The molecule has 1 N–H and O–H groups in total. The van der Waals surface area contributed by atoms with Crippen LogP contribution in [-0.2, 0) is 22.6 Å². The molecule has 0 aliphatic carbocycles. The third kappa shape index (κ3) is 6.93. The molecule has 0 saturated carbocycles. The quantitative estimate of drug-likeness (QED) is 0.225. The number of methoxy groups -OCH3 is 1. The molecule has 39 heavy (non-hydrogen) atoms. The molecule has 3 rings (SSSR count). The number of likely N-dealkylation sites (N-methyl/N-ethyl adjacent to an activating group) is 1. The predicted octanol–water partition coefficient (Wildman–Crippen LogP) is 5.54. The number of benzene rings is 2. The Labute approximate surface area is 227 Å². The lowest BCUT2D eigenvalue weighted by Gasteiger charge is -2.22. The number of carbonyl (C=O) groups excluding carboxylic acids is 1. The molecule has 1 amide bonds. The number of hydrogen-bond acceptors (Lipinski definition) is 8. The van der Waals surface area contributed by atoms with Crippen molar-refractivity contribution in [1.82, 2.24) is 4.90 Å². The summed E-state index contributed by atoms with van der Waals surface area (Å²) >= 11 is 0.912. The van der Waals surface area contributed by atoms with E-state index in [9.17, 15) is 33.6 Å². The van der Waals surface area contributed by atoms with Gasteiger partial charge in [0.2, 0.25) is 0 Å². The minimum atomic E-state index is -1.37. The number of nitro benzene ring substituents is 1. The maximum atomic E-state index is 14.6. The minimum Gasteiger partial charge on any atom is -0.478 e. The number of thiophene rings is 1. The highest BCUT2D eigenvalue weighted by atomic mass is 32.1. The van der Waals surface area contributed by atoms with Crippen LogP contribution in [0.5, 0.6) is 0 Å². The Balaban J connectivity index is 2.25. The summed E-state index contributed by atoms with van der Waals surface area (Å²) in [5.41, 5.74) is -0.0575. The molecule has 0 bridgehead atoms. The minimum absolute atomic E-state index is 0.0648. The van der Waals surface area contributed by atoms with Crippen LogP contribution in [-0.4, -0.2) is 60.9 Å². The van der Waals surface area contributed by atoms with Crippen molar-refractivity contribution in [3.8, 4) is 10.4 Å². The zero-order valence-electron chi connectivity index (χ0n) is 21.5. The number of carbonyl (C=O) groups is 2. The number of aromatic carboxylic acids is 1. The number of amides is 1. The van der Waals surface area contributed by atoms with E-state index in [4.69, 9.17) is 9.47 Å². The van der Waals surface area contributed by atoms with Crippen molar-refractivity contribution in [3.63, 3.8) is 0 Å². The van der Waals surface area contributed by atoms with Gasteiger partial charge >= 0.3 is 12.1 Å². The highest BCUT2D eigenvalue weighted by Gasteiger charge is 2.32. The summed E-state index contributed by atoms with van der Waals surface area (Å²) in [7, 11) is 3.28. The Kier molecular flexibility index (Phi) is 10.0. The summed E-state index contributed by atoms with van der Waals surface area (Å²) in [4.78, 5) is 39.4. The number of non-ortho nitro benzene ring substituents is 1. The number of carboxylic acid groups (broad SMARTS) is 1. The van der Waals surface area contributed by atoms with Crippen LogP contribution >= 0.6 is 11.3 Å². The van der Waals surface area contributed by atoms with Gasteiger partial charge in [-0.05, 0) is 43.8 Å². The predicted molar refractivity (Wildman–Crippen MR) is 141 cm³/mol. The van der Waals surface area contributed by atoms with E-state index in [1.165, 1.54) is 37.4 Å². The standard InChI is InChI=1S/C26H27F2N3O7S/c1-4-38-26(34)30(15-18-20(27)6-5-7-21(18)28)24-22(25(32)33)19(14-29(2)12-13-37-3)23(39-24)16-8-10-17(11-9-16)31(35)36/h5-11H,4,12-15H2,1-3H3,(H,32,33). The first-order valence-corrected chi connectivity index (χ1v) is 12.6. The van der Waals surface area contributed by atoms with Crippen LogP contribution in [0.15, 0.2) is 42.5 Å². The first kappa shape index (κ1) is 29.6. The Hall–Kier alpha value is -3.94. The number of nitro groups is 1. The van der Waals surface area contributed by atoms with Crippen molar-refractivity contribution in [2.45, 2.75) is 20.0 Å². The van der Waals surface area contributed by atoms with Crippen molar-refractivity contribution in [1.29, 1.82) is 0 Å². The fourth-order valence-electron chi connectivity index (χ4n) is 3.84. The lowest BCUT2D eigenvalue weighted by Crippen LogP contribution is -2.32. The van der Waals surface area contributed by atoms with Crippen molar-refractivity contribution in [2.75, 3.05) is 38.8 Å². The molecular formula is C26H27F2N3O7S. The number of rotatable bonds is 12. The number of nitrogens with zero attached hydrogens (tertiary/aromatic N) is 3. The maximum absolute atomic E-state index is 14.6. The first-order chi connectivity index (χ1) is 18.6. The van der Waals surface area contributed by atoms with Crippen LogP contribution in [0.25, 0.3) is 10.4 Å². The molecule has 0 aliphatic rings. The monoisotopic (exact) mass is 563 g/mol. The second kappa shape index (κ2) is 13.2. The first-order valence-electron chi connectivity index (χ1n) is 11.8. The zero-order valence-corrected chi connectivity index (χ0v) is 22.3. The molecule has 208 valence electrons. The highest BCUT2D eigenvalue weighted by Crippen LogP contribution is 2.44. The molecule has 1 heterocycles. The van der Waals surface area contributed by atoms with E-state index in [-0.39, 0.29) is 29.4 Å². The van der Waals surface area contributed by atoms with E-state index in [0.29, 0.717) is 29.2 Å². The van der Waals surface area contributed by atoms with Gasteiger partial charge in [-0.2, -0.15) is 0 Å². The van der Waals surface area contributed by atoms with E-state index in [1.54, 1.807) is 14.0 Å². The molecule has 13 heteroatoms. The lowest BCUT2D eigenvalue weighted by molar-refractivity contribution is -0.384. The highest BCUT2D eigenvalue weighted by molar-refractivity contribution is 7.20. The number of halogens is 2. The van der Waals surface area contributed by atoms with E-state index in [2.05, 4.69) is 0 Å². The van der Waals surface area contributed by atoms with Crippen molar-refractivity contribution < 1.29 is 37.9 Å². The van der Waals surface area contributed by atoms with Gasteiger partial charge in [0, 0.05) is 48.3 Å². The summed E-state index contributed by atoms with van der Waals surface area (Å²) in [6, 6.07) is 8.76. The van der Waals surface area contributed by atoms with E-state index in [1.807, 2.05) is 4.90 Å². The number of carboxylic acids is 1. The van der Waals surface area contributed by atoms with Gasteiger partial charge in [0.05, 0.1) is 30.2 Å². The fraction of sp³-hybridized carbons (Fsp3) is 0.308. The van der Waals surface area contributed by atoms with Crippen LogP contribution in [0.1, 0.15) is 28.4 Å². The van der Waals surface area contributed by atoms with Gasteiger partial charge in [-0.1, -0.05) is 6.07 Å². The second-order valence-corrected chi connectivity index (χ2v) is 9.41. The Morgan fingerprint density at radius 3 is 2.26 bits per heavy atom. The van der Waals surface area contributed by atoms with Crippen molar-refractivity contribution in [3.05, 3.63) is 80.9 Å². The van der Waals surface area contributed by atoms with Crippen LogP contribution in [0.4, 0.5) is 24.3 Å². The maximum Gasteiger partial charge on any atom is 0.415 e. The Bertz CT molecular complexity index is 1330. The van der Waals surface area contributed by atoms with Gasteiger partial charge in [-0.25, -0.2) is 18.4 Å². The molecule has 0 radical (unpaired) electrons. The SMILES string of the molecule is CCOC(=O)N(Cc1c(F)cccc1F)c1sc(-c2ccc([N+](=O)[O-])cc2)c(CN(C)CCOC)c1C(=O)O. The fourth-order valence-corrected chi connectivity index (χ4v) is 5.14. The topological polar surface area (TPSA) is 122 Å². The molecule has 0 atom stereocenters. The normalized spacial score (nSPS) is 11.0. The summed E-state index contributed by atoms with van der Waals surface area (Å²) in [5.74, 6) is -3.19. The third-order valence-electron chi connectivity index (χ3n) is 5.76. The van der Waals surface area contributed by atoms with Gasteiger partial charge in [0.1, 0.15) is 16.6 Å².